The van der Waals surface area contributed by atoms with E-state index >= 15 is 0 Å². The van der Waals surface area contributed by atoms with Gasteiger partial charge in [0.25, 0.3) is 0 Å². The minimum atomic E-state index is 0. The minimum Gasteiger partial charge on any atom is -1.00 e. The van der Waals surface area contributed by atoms with Crippen molar-refractivity contribution < 1.29 is 42.8 Å². The van der Waals surface area contributed by atoms with Crippen molar-refractivity contribution in [2.75, 3.05) is 18.7 Å². The highest BCUT2D eigenvalue weighted by atomic mass is 127. The molecule has 0 saturated carbocycles. The molecule has 0 atom stereocenters. The van der Waals surface area contributed by atoms with Crippen LogP contribution in [0.1, 0.15) is 5.56 Å². The van der Waals surface area contributed by atoms with E-state index in [0.717, 1.165) is 51.2 Å². The van der Waals surface area contributed by atoms with E-state index in [1.807, 2.05) is 31.3 Å². The molecule has 36 heavy (non-hydrogen) atoms. The molecular weight excluding hydrogens is 563 g/mol. The number of aromatic nitrogens is 1. The molecular formula is C30H23IN2O3. The van der Waals surface area contributed by atoms with Crippen molar-refractivity contribution in [2.24, 2.45) is 7.05 Å². The van der Waals surface area contributed by atoms with Crippen LogP contribution in [0.3, 0.4) is 0 Å². The maximum Gasteiger partial charge on any atom is 0.231 e. The largest absolute Gasteiger partial charge is 1.00 e. The summed E-state index contributed by atoms with van der Waals surface area (Å²) in [5, 5.41) is 3.61. The van der Waals surface area contributed by atoms with Crippen molar-refractivity contribution >= 4 is 33.4 Å². The third kappa shape index (κ3) is 3.47. The van der Waals surface area contributed by atoms with E-state index in [1.54, 1.807) is 0 Å². The van der Waals surface area contributed by atoms with Crippen molar-refractivity contribution in [1.82, 2.24) is 0 Å². The van der Waals surface area contributed by atoms with Crippen LogP contribution in [0.5, 0.6) is 17.2 Å². The number of nitrogens with zero attached hydrogens (tertiary/aromatic N) is 2. The van der Waals surface area contributed by atoms with Gasteiger partial charge in [-0.1, -0.05) is 36.4 Å². The summed E-state index contributed by atoms with van der Waals surface area (Å²) < 4.78 is 19.7. The number of aryl methyl sites for hydroxylation is 1. The van der Waals surface area contributed by atoms with Crippen LogP contribution >= 0.6 is 0 Å². The van der Waals surface area contributed by atoms with Crippen LogP contribution in [0.2, 0.25) is 0 Å². The molecule has 5 aromatic rings. The van der Waals surface area contributed by atoms with Gasteiger partial charge in [-0.3, -0.25) is 0 Å². The maximum absolute atomic E-state index is 6.26. The molecule has 178 valence electrons. The molecule has 2 aliphatic rings. The molecule has 0 N–H and O–H groups in total. The minimum absolute atomic E-state index is 0. The zero-order valence-corrected chi connectivity index (χ0v) is 22.0. The molecule has 1 aromatic heterocycles. The third-order valence-corrected chi connectivity index (χ3v) is 6.93. The van der Waals surface area contributed by atoms with Gasteiger partial charge in [0, 0.05) is 30.8 Å². The summed E-state index contributed by atoms with van der Waals surface area (Å²) in [6.07, 6.45) is 2.14. The van der Waals surface area contributed by atoms with Crippen molar-refractivity contribution in [3.63, 3.8) is 0 Å². The zero-order valence-electron chi connectivity index (χ0n) is 19.9. The Kier molecular flexibility index (Phi) is 5.48. The topological polar surface area (TPSA) is 34.8 Å². The van der Waals surface area contributed by atoms with E-state index in [-0.39, 0.29) is 30.8 Å². The van der Waals surface area contributed by atoms with Crippen LogP contribution < -0.4 is 47.7 Å². The first-order valence-electron chi connectivity index (χ1n) is 11.6. The lowest BCUT2D eigenvalue weighted by atomic mass is 9.97. The quantitative estimate of drug-likeness (QED) is 0.181. The van der Waals surface area contributed by atoms with Crippen LogP contribution in [-0.4, -0.2) is 13.8 Å². The molecule has 4 aromatic carbocycles. The standard InChI is InChI=1S/C30H23N2O3.HI/c1-31-24-13-11-19-7-3-4-8-22(19)30(24)21(17-29-32(2)23-9-5-6-10-26(23)35-29)15-25(31)20-12-14-27-28(16-20)34-18-33-27;/h3-17H,18H2,1-2H3;1H/q+1;/p-1. The lowest BCUT2D eigenvalue weighted by Gasteiger charge is -2.13. The molecule has 0 amide bonds. The second-order valence-electron chi connectivity index (χ2n) is 8.90. The predicted octanol–water partition coefficient (Wildman–Crippen LogP) is 3.04. The van der Waals surface area contributed by atoms with Crippen LogP contribution in [0.25, 0.3) is 39.0 Å². The Balaban J connectivity index is 0.00000240. The first-order chi connectivity index (χ1) is 17.2. The van der Waals surface area contributed by atoms with E-state index in [0.29, 0.717) is 0 Å². The van der Waals surface area contributed by atoms with Gasteiger partial charge in [-0.05, 0) is 47.2 Å². The Morgan fingerprint density at radius 3 is 2.53 bits per heavy atom. The average molecular weight is 586 g/mol. The summed E-state index contributed by atoms with van der Waals surface area (Å²) in [6.45, 7) is 0.260. The molecule has 7 rings (SSSR count). The summed E-state index contributed by atoms with van der Waals surface area (Å²) in [6, 6.07) is 29.4. The fraction of sp³-hybridized carbons (Fsp3) is 0.100. The predicted molar refractivity (Wildman–Crippen MR) is 138 cm³/mol. The first-order valence-corrected chi connectivity index (χ1v) is 11.6. The highest BCUT2D eigenvalue weighted by molar-refractivity contribution is 6.09. The molecule has 0 unspecified atom stereocenters. The Morgan fingerprint density at radius 2 is 1.64 bits per heavy atom. The van der Waals surface area contributed by atoms with Gasteiger partial charge in [-0.25, -0.2) is 0 Å². The van der Waals surface area contributed by atoms with Gasteiger partial charge in [-0.2, -0.15) is 4.57 Å². The van der Waals surface area contributed by atoms with Gasteiger partial charge >= 0.3 is 0 Å². The number of hydrogen-bond acceptors (Lipinski definition) is 4. The number of benzene rings is 4. The van der Waals surface area contributed by atoms with E-state index in [9.17, 15) is 0 Å². The highest BCUT2D eigenvalue weighted by Gasteiger charge is 2.26. The molecule has 0 bridgehead atoms. The lowest BCUT2D eigenvalue weighted by molar-refractivity contribution is -0.633. The number of rotatable bonds is 2. The summed E-state index contributed by atoms with van der Waals surface area (Å²) in [4.78, 5) is 2.10. The molecule has 5 nitrogen and oxygen atoms in total. The number of ether oxygens (including phenoxy) is 3. The summed E-state index contributed by atoms with van der Waals surface area (Å²) in [7, 11) is 4.15. The van der Waals surface area contributed by atoms with Gasteiger partial charge in [0.15, 0.2) is 17.2 Å². The zero-order chi connectivity index (χ0) is 23.5. The SMILES string of the molecule is CN1C(=Cc2cc(-c3ccc4c(c3)OCO4)[n+](C)c3ccc4ccccc4c23)Oc2ccccc21.[I-]. The van der Waals surface area contributed by atoms with E-state index in [2.05, 4.69) is 83.3 Å². The summed E-state index contributed by atoms with van der Waals surface area (Å²) in [5.41, 5.74) is 5.44. The van der Waals surface area contributed by atoms with E-state index in [1.165, 1.54) is 16.2 Å². The number of fused-ring (bicyclic) bond motifs is 5. The molecule has 0 fully saturated rings. The number of para-hydroxylation sites is 2. The normalized spacial score (nSPS) is 14.7. The van der Waals surface area contributed by atoms with Crippen LogP contribution in [0.4, 0.5) is 5.69 Å². The Hall–Kier alpha value is -3.78. The van der Waals surface area contributed by atoms with E-state index in [4.69, 9.17) is 14.2 Å². The molecule has 3 heterocycles. The maximum atomic E-state index is 6.26. The monoisotopic (exact) mass is 586 g/mol. The van der Waals surface area contributed by atoms with Crippen LogP contribution in [0.15, 0.2) is 90.8 Å². The van der Waals surface area contributed by atoms with Gasteiger partial charge in [0.05, 0.1) is 16.6 Å². The fourth-order valence-electron chi connectivity index (χ4n) is 5.12. The molecule has 0 aliphatic carbocycles. The van der Waals surface area contributed by atoms with Crippen molar-refractivity contribution in [3.05, 3.63) is 96.4 Å². The lowest BCUT2D eigenvalue weighted by Crippen LogP contribution is -3.00. The second-order valence-corrected chi connectivity index (χ2v) is 8.90. The van der Waals surface area contributed by atoms with Crippen molar-refractivity contribution in [3.8, 4) is 28.5 Å². The first kappa shape index (κ1) is 22.7. The number of halogens is 1. The molecule has 6 heteroatoms. The van der Waals surface area contributed by atoms with Crippen molar-refractivity contribution in [1.29, 1.82) is 0 Å². The third-order valence-electron chi connectivity index (χ3n) is 6.93. The van der Waals surface area contributed by atoms with Gasteiger partial charge < -0.3 is 43.1 Å². The van der Waals surface area contributed by atoms with Crippen LogP contribution in [0, 0.1) is 0 Å². The summed E-state index contributed by atoms with van der Waals surface area (Å²) >= 11 is 0. The number of anilines is 1. The Labute approximate surface area is 226 Å². The van der Waals surface area contributed by atoms with Gasteiger partial charge in [0.1, 0.15) is 7.05 Å². The molecule has 0 radical (unpaired) electrons. The van der Waals surface area contributed by atoms with Gasteiger partial charge in [0.2, 0.25) is 23.9 Å². The average Bonchev–Trinajstić information content (AvgIpc) is 3.49. The number of hydrogen-bond donors (Lipinski definition) is 0. The van der Waals surface area contributed by atoms with Crippen LogP contribution in [-0.2, 0) is 7.05 Å². The Bertz CT molecular complexity index is 1700. The fourth-order valence-corrected chi connectivity index (χ4v) is 5.12. The molecule has 2 aliphatic heterocycles. The van der Waals surface area contributed by atoms with Crippen molar-refractivity contribution in [2.45, 2.75) is 0 Å². The number of pyridine rings is 1. The van der Waals surface area contributed by atoms with Gasteiger partial charge in [-0.15, -0.1) is 0 Å². The molecule has 0 saturated heterocycles. The molecule has 0 spiro atoms. The smallest absolute Gasteiger partial charge is 0.231 e. The second kappa shape index (κ2) is 8.71. The highest BCUT2D eigenvalue weighted by Crippen LogP contribution is 2.40. The van der Waals surface area contributed by atoms with E-state index < -0.39 is 0 Å². The summed E-state index contributed by atoms with van der Waals surface area (Å²) in [5.74, 6) is 3.22. The Morgan fingerprint density at radius 1 is 0.833 bits per heavy atom.